The molecule has 9 fully saturated rings. The summed E-state index contributed by atoms with van der Waals surface area (Å²) >= 11 is 0. The maximum absolute atomic E-state index is 15.6. The maximum Gasteiger partial charge on any atom is 0.315 e. The van der Waals surface area contributed by atoms with E-state index < -0.39 is 230 Å². The third-order valence-electron chi connectivity index (χ3n) is 22.7. The summed E-state index contributed by atoms with van der Waals surface area (Å²) in [5, 5.41) is 162. The van der Waals surface area contributed by atoms with Gasteiger partial charge in [-0.3, -0.25) is 14.4 Å². The second-order valence-electron chi connectivity index (χ2n) is 28.1. The van der Waals surface area contributed by atoms with Crippen molar-refractivity contribution in [2.75, 3.05) is 33.0 Å². The zero-order valence-electron chi connectivity index (χ0n) is 49.4. The van der Waals surface area contributed by atoms with E-state index in [1.807, 2.05) is 6.92 Å². The average Bonchev–Trinajstić information content (AvgIpc) is 0.836. The maximum atomic E-state index is 15.6. The second kappa shape index (κ2) is 23.8. The molecule has 5 heterocycles. The van der Waals surface area contributed by atoms with Gasteiger partial charge in [-0.25, -0.2) is 0 Å². The van der Waals surface area contributed by atoms with Gasteiger partial charge in [-0.15, -0.1) is 0 Å². The summed E-state index contributed by atoms with van der Waals surface area (Å²) in [5.41, 5.74) is -6.79. The number of carbonyl (C=O) groups is 3. The van der Waals surface area contributed by atoms with E-state index in [-0.39, 0.29) is 24.2 Å². The number of aliphatic hydroxyl groups excluding tert-OH is 13. The van der Waals surface area contributed by atoms with Crippen molar-refractivity contribution in [1.82, 2.24) is 0 Å². The molecular formula is C58H90O28. The number of carbonyl (C=O) groups excluding carboxylic acids is 2. The smallest absolute Gasteiger partial charge is 0.315 e. The Balaban J connectivity index is 0.924. The van der Waals surface area contributed by atoms with E-state index in [1.165, 1.54) is 13.8 Å². The van der Waals surface area contributed by atoms with Gasteiger partial charge in [0.2, 0.25) is 6.29 Å². The summed E-state index contributed by atoms with van der Waals surface area (Å²) in [6.45, 7) is 9.73. The molecule has 10 aliphatic rings. The van der Waals surface area contributed by atoms with E-state index >= 15 is 4.79 Å². The number of allylic oxidation sites excluding steroid dienone is 2. The Hall–Kier alpha value is -2.57. The molecule has 0 aromatic carbocycles. The van der Waals surface area contributed by atoms with Crippen molar-refractivity contribution in [1.29, 1.82) is 0 Å². The minimum atomic E-state index is -2.20. The number of rotatable bonds is 14. The Morgan fingerprint density at radius 2 is 1.24 bits per heavy atom. The first kappa shape index (κ1) is 66.4. The molecule has 490 valence electrons. The van der Waals surface area contributed by atoms with Crippen LogP contribution in [0.15, 0.2) is 11.6 Å². The fraction of sp³-hybridized carbons (Fsp3) is 0.914. The van der Waals surface area contributed by atoms with Gasteiger partial charge >= 0.3 is 11.9 Å². The highest BCUT2D eigenvalue weighted by atomic mass is 16.8. The van der Waals surface area contributed by atoms with Crippen molar-refractivity contribution in [2.45, 2.75) is 247 Å². The van der Waals surface area contributed by atoms with Crippen LogP contribution in [0.2, 0.25) is 0 Å². The number of Topliss-reactive ketones (excluding diaryl/α,β-unsaturated/α-hetero) is 1. The van der Waals surface area contributed by atoms with E-state index in [2.05, 4.69) is 33.8 Å². The molecule has 15 N–H and O–H groups in total. The van der Waals surface area contributed by atoms with Gasteiger partial charge in [-0.1, -0.05) is 46.3 Å². The van der Waals surface area contributed by atoms with Gasteiger partial charge in [-0.2, -0.15) is 0 Å². The quantitative estimate of drug-likeness (QED) is 0.0453. The molecule has 0 aromatic rings. The summed E-state index contributed by atoms with van der Waals surface area (Å²) in [6, 6.07) is 0. The average molecular weight is 1240 g/mol. The predicted octanol–water partition coefficient (Wildman–Crippen LogP) is -3.66. The number of esters is 1. The lowest BCUT2D eigenvalue weighted by Crippen LogP contribution is -2.69. The number of carboxylic acid groups (broad SMARTS) is 1. The highest BCUT2D eigenvalue weighted by Crippen LogP contribution is 2.76. The molecular weight excluding hydrogens is 1140 g/mol. The molecule has 5 aliphatic heterocycles. The van der Waals surface area contributed by atoms with E-state index in [0.717, 1.165) is 5.57 Å². The molecule has 5 aliphatic carbocycles. The summed E-state index contributed by atoms with van der Waals surface area (Å²) in [4.78, 5) is 44.1. The molecule has 5 saturated heterocycles. The van der Waals surface area contributed by atoms with Gasteiger partial charge in [0.1, 0.15) is 103 Å². The number of fused-ring (bicyclic) bond motifs is 7. The lowest BCUT2D eigenvalue weighted by atomic mass is 9.33. The van der Waals surface area contributed by atoms with E-state index in [4.69, 9.17) is 47.4 Å². The first-order valence-corrected chi connectivity index (χ1v) is 30.1. The molecule has 0 radical (unpaired) electrons. The summed E-state index contributed by atoms with van der Waals surface area (Å²) in [7, 11) is 0. The third kappa shape index (κ3) is 10.6. The van der Waals surface area contributed by atoms with Gasteiger partial charge in [0.25, 0.3) is 0 Å². The van der Waals surface area contributed by atoms with E-state index in [0.29, 0.717) is 44.9 Å². The van der Waals surface area contributed by atoms with Crippen LogP contribution >= 0.6 is 0 Å². The van der Waals surface area contributed by atoms with Crippen LogP contribution in [0.5, 0.6) is 0 Å². The van der Waals surface area contributed by atoms with Crippen LogP contribution < -0.4 is 0 Å². The molecule has 0 aromatic heterocycles. The van der Waals surface area contributed by atoms with Crippen LogP contribution in [-0.4, -0.2) is 268 Å². The second-order valence-corrected chi connectivity index (χ2v) is 28.1. The van der Waals surface area contributed by atoms with Crippen molar-refractivity contribution in [2.24, 2.45) is 50.2 Å². The normalized spacial score (nSPS) is 53.7. The highest BCUT2D eigenvalue weighted by molar-refractivity contribution is 5.93. The van der Waals surface area contributed by atoms with Gasteiger partial charge < -0.3 is 124 Å². The summed E-state index contributed by atoms with van der Waals surface area (Å²) < 4.78 is 59.6. The number of hydrogen-bond acceptors (Lipinski definition) is 27. The monoisotopic (exact) mass is 1230 g/mol. The standard InChI is InChI=1S/C58H90O28/c1-23-40(82-45-37(69)32(64)27(63)20-77-45)41(83-49-43(72)58(76,21-61)22-78-49)39(71)47(79-23)84-42-36(68)34(66)29(19-60)81-48(42)86-51(75)57-14-12-52(2,3)16-25(57)24-8-9-30-53(4)17-26(62)44(85-46-38(70)35(67)33(65)28(18-59)80-46)56(7,50(73)74)31(53)10-11-55(30,6)54(24,5)13-15-57/h8,23,25,27-49,59-61,63-72,76H,9-22H2,1-7H3,(H,73,74). The Labute approximate surface area is 496 Å². The van der Waals surface area contributed by atoms with E-state index in [1.54, 1.807) is 0 Å². The Morgan fingerprint density at radius 3 is 1.88 bits per heavy atom. The Bertz CT molecular complexity index is 2520. The molecule has 0 bridgehead atoms. The molecule has 86 heavy (non-hydrogen) atoms. The van der Waals surface area contributed by atoms with Crippen molar-refractivity contribution in [3.63, 3.8) is 0 Å². The molecule has 31 unspecified atom stereocenters. The predicted molar refractivity (Wildman–Crippen MR) is 284 cm³/mol. The first-order chi connectivity index (χ1) is 40.2. The topological polar surface area (TPSA) is 447 Å². The largest absolute Gasteiger partial charge is 0.481 e. The van der Waals surface area contributed by atoms with Crippen molar-refractivity contribution in [3.05, 3.63) is 11.6 Å². The van der Waals surface area contributed by atoms with Gasteiger partial charge in [0.05, 0.1) is 44.6 Å². The van der Waals surface area contributed by atoms with Gasteiger partial charge in [0, 0.05) is 6.42 Å². The van der Waals surface area contributed by atoms with Gasteiger partial charge in [0.15, 0.2) is 37.0 Å². The number of aliphatic hydroxyl groups is 14. The zero-order valence-corrected chi connectivity index (χ0v) is 49.4. The lowest BCUT2D eigenvalue weighted by molar-refractivity contribution is -0.385. The third-order valence-corrected chi connectivity index (χ3v) is 22.7. The number of aliphatic carboxylic acids is 1. The van der Waals surface area contributed by atoms with Crippen LogP contribution in [0.3, 0.4) is 0 Å². The van der Waals surface area contributed by atoms with Crippen molar-refractivity contribution in [3.8, 4) is 0 Å². The molecule has 0 spiro atoms. The number of ketones is 1. The number of carboxylic acids is 1. The first-order valence-electron chi connectivity index (χ1n) is 30.1. The molecule has 31 atom stereocenters. The summed E-state index contributed by atoms with van der Waals surface area (Å²) in [5.74, 6) is -4.03. The molecule has 28 heteroatoms. The van der Waals surface area contributed by atoms with Crippen molar-refractivity contribution < 1.29 is 138 Å². The number of hydrogen-bond donors (Lipinski definition) is 15. The van der Waals surface area contributed by atoms with Crippen LogP contribution in [0.25, 0.3) is 0 Å². The number of ether oxygens (including phenoxy) is 10. The molecule has 0 amide bonds. The zero-order chi connectivity index (χ0) is 62.9. The lowest BCUT2D eigenvalue weighted by Gasteiger charge is -2.70. The molecule has 28 nitrogen and oxygen atoms in total. The minimum Gasteiger partial charge on any atom is -0.481 e. The van der Waals surface area contributed by atoms with Crippen LogP contribution in [0.1, 0.15) is 106 Å². The van der Waals surface area contributed by atoms with Gasteiger partial charge in [-0.05, 0) is 105 Å². The fourth-order valence-electron chi connectivity index (χ4n) is 17.2. The van der Waals surface area contributed by atoms with Crippen LogP contribution in [0, 0.1) is 50.2 Å². The van der Waals surface area contributed by atoms with Crippen LogP contribution in [0.4, 0.5) is 0 Å². The SMILES string of the molecule is CC1OC(OC2C(OC(=O)C34CCC(C)(C)CC3C3=CCC5C6(C)CC(=O)C(OC7OC(CO)C(O)C(O)C7O)C(C)(C(=O)O)C6CCC5(C)C3(C)CC4)OC(CO)C(O)C2O)C(O)C(OC2OCC(O)(CO)C2O)C1OC1OCC(O)C(O)C1O. The minimum absolute atomic E-state index is 0.109. The molecule has 10 rings (SSSR count). The fourth-order valence-corrected chi connectivity index (χ4v) is 17.2. The van der Waals surface area contributed by atoms with E-state index in [9.17, 15) is 86.2 Å². The highest BCUT2D eigenvalue weighted by Gasteiger charge is 2.73. The Morgan fingerprint density at radius 1 is 0.640 bits per heavy atom. The Kier molecular flexibility index (Phi) is 18.4. The van der Waals surface area contributed by atoms with Crippen molar-refractivity contribution >= 4 is 17.7 Å². The van der Waals surface area contributed by atoms with Crippen LogP contribution in [-0.2, 0) is 61.8 Å². The summed E-state index contributed by atoms with van der Waals surface area (Å²) in [6.07, 6.45) is -32.8. The molecule has 4 saturated carbocycles.